The van der Waals surface area contributed by atoms with Crippen LogP contribution in [0.2, 0.25) is 5.15 Å². The van der Waals surface area contributed by atoms with E-state index in [4.69, 9.17) is 11.6 Å². The minimum atomic E-state index is 0.419. The van der Waals surface area contributed by atoms with Crippen molar-refractivity contribution < 1.29 is 0 Å². The number of rotatable bonds is 3. The van der Waals surface area contributed by atoms with Crippen molar-refractivity contribution in [3.8, 4) is 11.4 Å². The molecule has 1 N–H and O–H groups in total. The van der Waals surface area contributed by atoms with Crippen molar-refractivity contribution in [1.29, 1.82) is 0 Å². The van der Waals surface area contributed by atoms with Gasteiger partial charge in [-0.1, -0.05) is 41.9 Å². The van der Waals surface area contributed by atoms with E-state index in [1.165, 1.54) is 11.8 Å². The third-order valence-corrected chi connectivity index (χ3v) is 3.41. The first-order valence-corrected chi connectivity index (χ1v) is 6.78. The Morgan fingerprint density at radius 2 is 1.95 bits per heavy atom. The van der Waals surface area contributed by atoms with Crippen LogP contribution in [0.4, 0.5) is 0 Å². The van der Waals surface area contributed by atoms with Crippen molar-refractivity contribution in [2.75, 3.05) is 0 Å². The highest BCUT2D eigenvalue weighted by Gasteiger charge is 2.07. The molecule has 0 saturated heterocycles. The summed E-state index contributed by atoms with van der Waals surface area (Å²) in [7, 11) is 0. The number of benzene rings is 1. The van der Waals surface area contributed by atoms with Crippen LogP contribution < -0.4 is 0 Å². The molecule has 0 saturated carbocycles. The van der Waals surface area contributed by atoms with E-state index in [0.29, 0.717) is 11.0 Å². The molecule has 0 amide bonds. The van der Waals surface area contributed by atoms with Gasteiger partial charge in [0.25, 0.3) is 0 Å². The van der Waals surface area contributed by atoms with Crippen LogP contribution in [0, 0.1) is 0 Å². The summed E-state index contributed by atoms with van der Waals surface area (Å²) in [6.45, 7) is 0. The summed E-state index contributed by atoms with van der Waals surface area (Å²) in [6, 6.07) is 11.5. The number of halogens is 1. The van der Waals surface area contributed by atoms with Gasteiger partial charge in [0, 0.05) is 24.0 Å². The van der Waals surface area contributed by atoms with Crippen LogP contribution in [0.15, 0.2) is 59.0 Å². The minimum Gasteiger partial charge on any atom is -0.339 e. The highest BCUT2D eigenvalue weighted by Crippen LogP contribution is 2.26. The van der Waals surface area contributed by atoms with Crippen molar-refractivity contribution in [1.82, 2.24) is 19.9 Å². The van der Waals surface area contributed by atoms with Gasteiger partial charge in [0.05, 0.1) is 0 Å². The lowest BCUT2D eigenvalue weighted by Crippen LogP contribution is -1.92. The third-order valence-electron chi connectivity index (χ3n) is 2.38. The molecule has 2 aromatic heterocycles. The molecule has 94 valence electrons. The smallest absolute Gasteiger partial charge is 0.171 e. The van der Waals surface area contributed by atoms with Crippen LogP contribution in [0.5, 0.6) is 0 Å². The summed E-state index contributed by atoms with van der Waals surface area (Å²) in [4.78, 5) is 15.9. The lowest BCUT2D eigenvalue weighted by atomic mass is 10.2. The van der Waals surface area contributed by atoms with E-state index >= 15 is 0 Å². The zero-order valence-corrected chi connectivity index (χ0v) is 11.3. The summed E-state index contributed by atoms with van der Waals surface area (Å²) in [5.74, 6) is 0.613. The maximum absolute atomic E-state index is 6.05. The fourth-order valence-corrected chi connectivity index (χ4v) is 2.56. The number of aromatic nitrogens is 4. The molecule has 3 aromatic rings. The Kier molecular flexibility index (Phi) is 3.48. The van der Waals surface area contributed by atoms with Gasteiger partial charge in [-0.15, -0.1) is 0 Å². The minimum absolute atomic E-state index is 0.419. The Morgan fingerprint density at radius 3 is 2.68 bits per heavy atom. The molecular weight excluding hydrogens is 280 g/mol. The van der Waals surface area contributed by atoms with Crippen LogP contribution in [-0.2, 0) is 0 Å². The number of hydrogen-bond acceptors (Lipinski definition) is 4. The predicted octanol–water partition coefficient (Wildman–Crippen LogP) is 3.67. The Hall–Kier alpha value is -1.85. The Bertz CT molecular complexity index is 670. The Morgan fingerprint density at radius 1 is 1.11 bits per heavy atom. The van der Waals surface area contributed by atoms with Crippen molar-refractivity contribution in [2.45, 2.75) is 10.2 Å². The quantitative estimate of drug-likeness (QED) is 0.747. The molecular formula is C13H9ClN4S. The molecule has 0 radical (unpaired) electrons. The lowest BCUT2D eigenvalue weighted by Gasteiger charge is -2.03. The second-order valence-corrected chi connectivity index (χ2v) is 5.11. The van der Waals surface area contributed by atoms with Crippen LogP contribution in [0.3, 0.4) is 0 Å². The molecule has 0 aliphatic rings. The fourth-order valence-electron chi connectivity index (χ4n) is 1.57. The predicted molar refractivity (Wildman–Crippen MR) is 75.2 cm³/mol. The van der Waals surface area contributed by atoms with Crippen molar-refractivity contribution >= 4 is 23.4 Å². The standard InChI is InChI=1S/C13H9ClN4S/c14-10-8-11(19-13-15-6-7-16-13)18-12(17-10)9-4-2-1-3-5-9/h1-8H,(H,15,16). The molecule has 0 unspecified atom stereocenters. The normalized spacial score (nSPS) is 10.6. The highest BCUT2D eigenvalue weighted by molar-refractivity contribution is 7.99. The molecule has 6 heteroatoms. The van der Waals surface area contributed by atoms with E-state index in [1.807, 2.05) is 30.3 Å². The Balaban J connectivity index is 1.97. The monoisotopic (exact) mass is 288 g/mol. The van der Waals surface area contributed by atoms with E-state index in [2.05, 4.69) is 19.9 Å². The second-order valence-electron chi connectivity index (χ2n) is 3.71. The van der Waals surface area contributed by atoms with Crippen LogP contribution >= 0.6 is 23.4 Å². The molecule has 0 atom stereocenters. The van der Waals surface area contributed by atoms with Gasteiger partial charge < -0.3 is 4.98 Å². The van der Waals surface area contributed by atoms with Gasteiger partial charge in [0.15, 0.2) is 11.0 Å². The maximum atomic E-state index is 6.05. The van der Waals surface area contributed by atoms with Crippen molar-refractivity contribution in [3.05, 3.63) is 53.9 Å². The zero-order chi connectivity index (χ0) is 13.1. The second kappa shape index (κ2) is 5.42. The molecule has 0 fully saturated rings. The first-order valence-electron chi connectivity index (χ1n) is 5.58. The fraction of sp³-hybridized carbons (Fsp3) is 0. The van der Waals surface area contributed by atoms with Crippen molar-refractivity contribution in [3.63, 3.8) is 0 Å². The van der Waals surface area contributed by atoms with Gasteiger partial charge >= 0.3 is 0 Å². The van der Waals surface area contributed by atoms with E-state index in [9.17, 15) is 0 Å². The number of aromatic amines is 1. The number of imidazole rings is 1. The molecule has 3 rings (SSSR count). The lowest BCUT2D eigenvalue weighted by molar-refractivity contribution is 1.02. The molecule has 4 nitrogen and oxygen atoms in total. The largest absolute Gasteiger partial charge is 0.339 e. The number of nitrogens with one attached hydrogen (secondary N) is 1. The van der Waals surface area contributed by atoms with Gasteiger partial charge in [-0.3, -0.25) is 0 Å². The zero-order valence-electron chi connectivity index (χ0n) is 9.75. The van der Waals surface area contributed by atoms with E-state index in [1.54, 1.807) is 18.5 Å². The first kappa shape index (κ1) is 12.2. The average Bonchev–Trinajstić information content (AvgIpc) is 2.92. The summed E-state index contributed by atoms with van der Waals surface area (Å²) in [5.41, 5.74) is 0.936. The maximum Gasteiger partial charge on any atom is 0.171 e. The SMILES string of the molecule is Clc1cc(Sc2ncc[nH]2)nc(-c2ccccc2)n1. The molecule has 0 bridgehead atoms. The van der Waals surface area contributed by atoms with Gasteiger partial charge in [-0.2, -0.15) is 0 Å². The topological polar surface area (TPSA) is 54.5 Å². The van der Waals surface area contributed by atoms with Crippen LogP contribution in [0.1, 0.15) is 0 Å². The van der Waals surface area contributed by atoms with Crippen LogP contribution in [0.25, 0.3) is 11.4 Å². The number of H-pyrrole nitrogens is 1. The van der Waals surface area contributed by atoms with Gasteiger partial charge in [-0.05, 0) is 11.8 Å². The average molecular weight is 289 g/mol. The first-order chi connectivity index (χ1) is 9.31. The van der Waals surface area contributed by atoms with E-state index in [-0.39, 0.29) is 0 Å². The molecule has 2 heterocycles. The van der Waals surface area contributed by atoms with Gasteiger partial charge in [-0.25, -0.2) is 15.0 Å². The van der Waals surface area contributed by atoms with E-state index < -0.39 is 0 Å². The third kappa shape index (κ3) is 2.94. The molecule has 0 aliphatic carbocycles. The summed E-state index contributed by atoms with van der Waals surface area (Å²) < 4.78 is 0. The van der Waals surface area contributed by atoms with Crippen molar-refractivity contribution in [2.24, 2.45) is 0 Å². The summed E-state index contributed by atoms with van der Waals surface area (Å²) >= 11 is 7.46. The molecule has 19 heavy (non-hydrogen) atoms. The Labute approximate surface area is 119 Å². The number of hydrogen-bond donors (Lipinski definition) is 1. The molecule has 1 aromatic carbocycles. The highest BCUT2D eigenvalue weighted by atomic mass is 35.5. The molecule has 0 aliphatic heterocycles. The van der Waals surface area contributed by atoms with Gasteiger partial charge in [0.1, 0.15) is 10.2 Å². The summed E-state index contributed by atoms with van der Waals surface area (Å²) in [6.07, 6.45) is 3.46. The summed E-state index contributed by atoms with van der Waals surface area (Å²) in [5, 5.41) is 1.95. The van der Waals surface area contributed by atoms with Crippen LogP contribution in [-0.4, -0.2) is 19.9 Å². The van der Waals surface area contributed by atoms with E-state index in [0.717, 1.165) is 15.7 Å². The van der Waals surface area contributed by atoms with Gasteiger partial charge in [0.2, 0.25) is 0 Å². The number of nitrogens with zero attached hydrogens (tertiary/aromatic N) is 3. The molecule has 0 spiro atoms.